The lowest BCUT2D eigenvalue weighted by Gasteiger charge is -2.06. The molecular weight excluding hydrogens is 414 g/mol. The fraction of sp³-hybridized carbons (Fsp3) is 0.227. The molecule has 3 heterocycles. The smallest absolute Gasteiger partial charge is 0.251 e. The number of imidazole rings is 1. The van der Waals surface area contributed by atoms with Gasteiger partial charge in [0.1, 0.15) is 23.7 Å². The van der Waals surface area contributed by atoms with Gasteiger partial charge in [-0.1, -0.05) is 0 Å². The quantitative estimate of drug-likeness (QED) is 0.407. The first kappa shape index (κ1) is 20.8. The van der Waals surface area contributed by atoms with Crippen molar-refractivity contribution in [2.75, 3.05) is 32.7 Å². The van der Waals surface area contributed by atoms with Crippen LogP contribution in [0.2, 0.25) is 0 Å². The molecule has 4 aromatic rings. The summed E-state index contributed by atoms with van der Waals surface area (Å²) in [5, 5.41) is 8.67. The lowest BCUT2D eigenvalue weighted by Crippen LogP contribution is -2.17. The predicted octanol–water partition coefficient (Wildman–Crippen LogP) is 3.89. The first-order chi connectivity index (χ1) is 15.1. The van der Waals surface area contributed by atoms with E-state index in [2.05, 4.69) is 15.6 Å². The Morgan fingerprint density at radius 1 is 1.16 bits per heavy atom. The summed E-state index contributed by atoms with van der Waals surface area (Å²) < 4.78 is 12.7. The molecule has 4 rings (SSSR count). The number of carbonyl (C=O) groups is 1. The molecule has 0 atom stereocenters. The summed E-state index contributed by atoms with van der Waals surface area (Å²) in [6.45, 7) is 3.00. The highest BCUT2D eigenvalue weighted by Gasteiger charge is 2.15. The first-order valence-electron chi connectivity index (χ1n) is 9.74. The minimum Gasteiger partial charge on any atom is -0.491 e. The molecule has 0 fully saturated rings. The normalized spacial score (nSPS) is 10.9. The van der Waals surface area contributed by atoms with Crippen LogP contribution in [0.15, 0.2) is 48.0 Å². The Bertz CT molecular complexity index is 1200. The van der Waals surface area contributed by atoms with Gasteiger partial charge in [0.05, 0.1) is 18.0 Å². The summed E-state index contributed by atoms with van der Waals surface area (Å²) in [5.41, 5.74) is 4.95. The van der Waals surface area contributed by atoms with Crippen molar-refractivity contribution in [3.63, 3.8) is 0 Å². The maximum Gasteiger partial charge on any atom is 0.251 e. The lowest BCUT2D eigenvalue weighted by molar-refractivity contribution is 0.0963. The van der Waals surface area contributed by atoms with Crippen molar-refractivity contribution in [3.05, 3.63) is 59.2 Å². The molecule has 8 nitrogen and oxygen atoms in total. The average Bonchev–Trinajstić information content (AvgIpc) is 3.36. The fourth-order valence-electron chi connectivity index (χ4n) is 3.20. The van der Waals surface area contributed by atoms with Gasteiger partial charge in [0.25, 0.3) is 5.91 Å². The van der Waals surface area contributed by atoms with Gasteiger partial charge in [0, 0.05) is 43.1 Å². The molecule has 0 aliphatic carbocycles. The van der Waals surface area contributed by atoms with Crippen molar-refractivity contribution >= 4 is 33.7 Å². The van der Waals surface area contributed by atoms with Crippen LogP contribution in [0, 0.1) is 6.92 Å². The molecule has 1 amide bonds. The van der Waals surface area contributed by atoms with Gasteiger partial charge in [0.15, 0.2) is 5.13 Å². The van der Waals surface area contributed by atoms with E-state index in [0.717, 1.165) is 39.3 Å². The zero-order chi connectivity index (χ0) is 21.8. The Morgan fingerprint density at radius 2 is 1.97 bits per heavy atom. The van der Waals surface area contributed by atoms with E-state index in [1.54, 1.807) is 26.3 Å². The number of thiazole rings is 1. The van der Waals surface area contributed by atoms with Crippen molar-refractivity contribution in [1.29, 1.82) is 0 Å². The molecule has 0 saturated carbocycles. The topological polar surface area (TPSA) is 89.8 Å². The van der Waals surface area contributed by atoms with Crippen molar-refractivity contribution in [1.82, 2.24) is 19.7 Å². The number of rotatable bonds is 8. The number of methoxy groups -OCH3 is 1. The van der Waals surface area contributed by atoms with E-state index in [4.69, 9.17) is 14.5 Å². The predicted molar refractivity (Wildman–Crippen MR) is 122 cm³/mol. The zero-order valence-corrected chi connectivity index (χ0v) is 18.3. The number of nitrogens with zero attached hydrogens (tertiary/aromatic N) is 3. The van der Waals surface area contributed by atoms with Crippen LogP contribution in [0.4, 0.5) is 10.8 Å². The molecule has 160 valence electrons. The summed E-state index contributed by atoms with van der Waals surface area (Å²) in [6.07, 6.45) is 1.94. The Morgan fingerprint density at radius 3 is 2.71 bits per heavy atom. The Labute approximate surface area is 183 Å². The van der Waals surface area contributed by atoms with Crippen LogP contribution in [-0.2, 0) is 4.74 Å². The van der Waals surface area contributed by atoms with Gasteiger partial charge in [-0.15, -0.1) is 11.3 Å². The minimum atomic E-state index is -0.113. The maximum atomic E-state index is 11.7. The molecular formula is C22H23N5O3S. The van der Waals surface area contributed by atoms with Crippen LogP contribution >= 0.6 is 11.3 Å². The Kier molecular flexibility index (Phi) is 6.15. The van der Waals surface area contributed by atoms with E-state index in [1.807, 2.05) is 47.2 Å². The van der Waals surface area contributed by atoms with Gasteiger partial charge in [-0.25, -0.2) is 9.97 Å². The Hall–Kier alpha value is -3.43. The van der Waals surface area contributed by atoms with Crippen LogP contribution < -0.4 is 15.4 Å². The minimum absolute atomic E-state index is 0.113. The Balaban J connectivity index is 1.54. The number of nitrogens with one attached hydrogen (secondary N) is 2. The van der Waals surface area contributed by atoms with Gasteiger partial charge in [-0.3, -0.25) is 9.20 Å². The molecule has 1 aromatic carbocycles. The van der Waals surface area contributed by atoms with E-state index in [9.17, 15) is 4.79 Å². The van der Waals surface area contributed by atoms with Crippen molar-refractivity contribution in [3.8, 4) is 17.1 Å². The van der Waals surface area contributed by atoms with Gasteiger partial charge < -0.3 is 20.1 Å². The standard InChI is InChI=1S/C22H23N5O3S/c1-14-20(27-9-8-17(12-19(27)24-14)30-11-10-29-3)18-13-31-22(26-18)25-16-6-4-15(5-7-16)21(28)23-2/h4-9,12-13H,10-11H2,1-3H3,(H,23,28)(H,25,26). The van der Waals surface area contributed by atoms with Crippen LogP contribution in [0.25, 0.3) is 17.0 Å². The van der Waals surface area contributed by atoms with Crippen molar-refractivity contribution in [2.45, 2.75) is 6.92 Å². The second-order valence-corrected chi connectivity index (χ2v) is 7.66. The summed E-state index contributed by atoms with van der Waals surface area (Å²) >= 11 is 1.51. The first-order valence-corrected chi connectivity index (χ1v) is 10.6. The third-order valence-corrected chi connectivity index (χ3v) is 5.46. The van der Waals surface area contributed by atoms with Crippen molar-refractivity contribution in [2.24, 2.45) is 0 Å². The fourth-order valence-corrected chi connectivity index (χ4v) is 3.91. The van der Waals surface area contributed by atoms with E-state index in [0.29, 0.717) is 18.8 Å². The molecule has 9 heteroatoms. The SMILES string of the molecule is CNC(=O)c1ccc(Nc2nc(-c3c(C)nc4cc(OCCOC)ccn34)cs2)cc1. The number of aryl methyl sites for hydroxylation is 1. The molecule has 3 aromatic heterocycles. The highest BCUT2D eigenvalue weighted by molar-refractivity contribution is 7.14. The largest absolute Gasteiger partial charge is 0.491 e. The van der Waals surface area contributed by atoms with Crippen LogP contribution in [0.3, 0.4) is 0 Å². The molecule has 0 aliphatic heterocycles. The summed E-state index contributed by atoms with van der Waals surface area (Å²) in [7, 11) is 3.26. The third-order valence-electron chi connectivity index (χ3n) is 4.70. The molecule has 0 spiro atoms. The average molecular weight is 438 g/mol. The van der Waals surface area contributed by atoms with Crippen LogP contribution in [0.5, 0.6) is 5.75 Å². The summed E-state index contributed by atoms with van der Waals surface area (Å²) in [6, 6.07) is 11.1. The lowest BCUT2D eigenvalue weighted by atomic mass is 10.2. The van der Waals surface area contributed by atoms with E-state index >= 15 is 0 Å². The highest BCUT2D eigenvalue weighted by Crippen LogP contribution is 2.30. The number of anilines is 2. The zero-order valence-electron chi connectivity index (χ0n) is 17.5. The third kappa shape index (κ3) is 4.52. The molecule has 31 heavy (non-hydrogen) atoms. The number of ether oxygens (including phenoxy) is 2. The van der Waals surface area contributed by atoms with Gasteiger partial charge in [-0.05, 0) is 37.3 Å². The van der Waals surface area contributed by atoms with Crippen LogP contribution in [-0.4, -0.2) is 47.6 Å². The van der Waals surface area contributed by atoms with Crippen LogP contribution in [0.1, 0.15) is 16.1 Å². The monoisotopic (exact) mass is 437 g/mol. The summed E-state index contributed by atoms with van der Waals surface area (Å²) in [4.78, 5) is 21.1. The number of pyridine rings is 1. The summed E-state index contributed by atoms with van der Waals surface area (Å²) in [5.74, 6) is 0.639. The number of amides is 1. The molecule has 0 aliphatic rings. The molecule has 0 bridgehead atoms. The van der Waals surface area contributed by atoms with Gasteiger partial charge in [0.2, 0.25) is 0 Å². The van der Waals surface area contributed by atoms with E-state index in [1.165, 1.54) is 11.3 Å². The molecule has 2 N–H and O–H groups in total. The van der Waals surface area contributed by atoms with Gasteiger partial charge in [-0.2, -0.15) is 0 Å². The van der Waals surface area contributed by atoms with Crippen molar-refractivity contribution < 1.29 is 14.3 Å². The highest BCUT2D eigenvalue weighted by atomic mass is 32.1. The number of hydrogen-bond acceptors (Lipinski definition) is 7. The number of aromatic nitrogens is 3. The number of benzene rings is 1. The molecule has 0 saturated heterocycles. The van der Waals surface area contributed by atoms with E-state index in [-0.39, 0.29) is 5.91 Å². The number of fused-ring (bicyclic) bond motifs is 1. The maximum absolute atomic E-state index is 11.7. The number of hydrogen-bond donors (Lipinski definition) is 2. The van der Waals surface area contributed by atoms with E-state index < -0.39 is 0 Å². The number of carbonyl (C=O) groups excluding carboxylic acids is 1. The second-order valence-electron chi connectivity index (χ2n) is 6.80. The van der Waals surface area contributed by atoms with Gasteiger partial charge >= 0.3 is 0 Å². The molecule has 0 radical (unpaired) electrons. The second kappa shape index (κ2) is 9.15. The molecule has 0 unspecified atom stereocenters.